The molecule has 1 N–H and O–H groups in total. The van der Waals surface area contributed by atoms with Crippen LogP contribution < -0.4 is 5.32 Å². The first kappa shape index (κ1) is 12.9. The molecule has 0 bridgehead atoms. The van der Waals surface area contributed by atoms with Crippen molar-refractivity contribution in [2.24, 2.45) is 5.29 Å². The number of urea groups is 1. The van der Waals surface area contributed by atoms with Gasteiger partial charge in [0.25, 0.3) is 0 Å². The second-order valence-electron chi connectivity index (χ2n) is 3.05. The van der Waals surface area contributed by atoms with Crippen molar-refractivity contribution < 1.29 is 4.79 Å². The lowest BCUT2D eigenvalue weighted by Crippen LogP contribution is -2.30. The molecule has 1 aromatic rings. The molecule has 1 aromatic carbocycles. The van der Waals surface area contributed by atoms with Crippen LogP contribution in [0.25, 0.3) is 0 Å². The Morgan fingerprint density at radius 3 is 2.94 bits per heavy atom. The van der Waals surface area contributed by atoms with E-state index in [2.05, 4.69) is 10.6 Å². The number of nitriles is 1. The number of hydrogen-bond acceptors (Lipinski definition) is 4. The van der Waals surface area contributed by atoms with Gasteiger partial charge >= 0.3 is 6.03 Å². The summed E-state index contributed by atoms with van der Waals surface area (Å²) in [6.45, 7) is -0.0492. The third kappa shape index (κ3) is 4.09. The number of hydrogen-bond donors (Lipinski definition) is 1. The summed E-state index contributed by atoms with van der Waals surface area (Å²) >= 11 is 5.73. The highest BCUT2D eigenvalue weighted by Crippen LogP contribution is 2.15. The Labute approximate surface area is 103 Å². The van der Waals surface area contributed by atoms with Gasteiger partial charge in [0.2, 0.25) is 0 Å². The summed E-state index contributed by atoms with van der Waals surface area (Å²) in [6.07, 6.45) is 0.0364. The maximum Gasteiger partial charge on any atom is 0.344 e. The molecular weight excluding hydrogens is 244 g/mol. The molecule has 2 amide bonds. The van der Waals surface area contributed by atoms with E-state index in [0.717, 1.165) is 0 Å². The molecule has 0 aliphatic heterocycles. The molecule has 0 aliphatic carbocycles. The van der Waals surface area contributed by atoms with E-state index in [9.17, 15) is 9.70 Å². The zero-order chi connectivity index (χ0) is 12.7. The highest BCUT2D eigenvalue weighted by Gasteiger charge is 2.13. The Kier molecular flexibility index (Phi) is 4.91. The Hall–Kier alpha value is -2.13. The van der Waals surface area contributed by atoms with Crippen molar-refractivity contribution in [2.75, 3.05) is 11.9 Å². The number of nitroso groups, excluding NO2 is 1. The monoisotopic (exact) mass is 252 g/mol. The number of halogens is 1. The normalized spacial score (nSPS) is 9.18. The van der Waals surface area contributed by atoms with Gasteiger partial charge in [-0.05, 0) is 18.2 Å². The van der Waals surface area contributed by atoms with Crippen LogP contribution in [0.5, 0.6) is 0 Å². The number of anilines is 1. The lowest BCUT2D eigenvalue weighted by Gasteiger charge is -2.12. The van der Waals surface area contributed by atoms with Crippen molar-refractivity contribution in [2.45, 2.75) is 6.42 Å². The maximum absolute atomic E-state index is 11.5. The van der Waals surface area contributed by atoms with Crippen LogP contribution in [0.2, 0.25) is 5.02 Å². The molecule has 0 aromatic heterocycles. The van der Waals surface area contributed by atoms with Crippen molar-refractivity contribution in [3.8, 4) is 6.07 Å². The second kappa shape index (κ2) is 6.45. The first-order chi connectivity index (χ1) is 8.17. The summed E-state index contributed by atoms with van der Waals surface area (Å²) < 4.78 is 0. The minimum Gasteiger partial charge on any atom is -0.306 e. The summed E-state index contributed by atoms with van der Waals surface area (Å²) in [5.41, 5.74) is 0.452. The van der Waals surface area contributed by atoms with Crippen molar-refractivity contribution in [1.82, 2.24) is 5.01 Å². The number of nitrogens with one attached hydrogen (secondary N) is 1. The third-order valence-electron chi connectivity index (χ3n) is 1.84. The molecule has 0 saturated heterocycles. The molecule has 17 heavy (non-hydrogen) atoms. The molecule has 0 saturated carbocycles. The highest BCUT2D eigenvalue weighted by atomic mass is 35.5. The van der Waals surface area contributed by atoms with E-state index in [0.29, 0.717) is 15.7 Å². The van der Waals surface area contributed by atoms with E-state index < -0.39 is 6.03 Å². The highest BCUT2D eigenvalue weighted by molar-refractivity contribution is 6.30. The van der Waals surface area contributed by atoms with E-state index in [-0.39, 0.29) is 13.0 Å². The number of benzene rings is 1. The van der Waals surface area contributed by atoms with Crippen LogP contribution >= 0.6 is 11.6 Å². The molecule has 7 heteroatoms. The third-order valence-corrected chi connectivity index (χ3v) is 2.08. The van der Waals surface area contributed by atoms with Gasteiger partial charge in [0, 0.05) is 10.7 Å². The molecule has 0 atom stereocenters. The second-order valence-corrected chi connectivity index (χ2v) is 3.49. The van der Waals surface area contributed by atoms with E-state index in [4.69, 9.17) is 16.9 Å². The summed E-state index contributed by atoms with van der Waals surface area (Å²) in [5, 5.41) is 14.4. The molecule has 1 rings (SSSR count). The fourth-order valence-electron chi connectivity index (χ4n) is 1.09. The Bertz CT molecular complexity index is 458. The van der Waals surface area contributed by atoms with Crippen LogP contribution in [-0.4, -0.2) is 17.6 Å². The Morgan fingerprint density at radius 2 is 2.35 bits per heavy atom. The molecule has 0 fully saturated rings. The number of nitrogens with zero attached hydrogens (tertiary/aromatic N) is 3. The molecule has 0 aliphatic rings. The number of rotatable bonds is 4. The van der Waals surface area contributed by atoms with Crippen LogP contribution in [-0.2, 0) is 0 Å². The minimum atomic E-state index is -0.697. The molecule has 0 unspecified atom stereocenters. The fourth-order valence-corrected chi connectivity index (χ4v) is 1.28. The average molecular weight is 253 g/mol. The van der Waals surface area contributed by atoms with Gasteiger partial charge in [0.15, 0.2) is 0 Å². The van der Waals surface area contributed by atoms with Gasteiger partial charge < -0.3 is 5.32 Å². The van der Waals surface area contributed by atoms with Crippen LogP contribution in [0.15, 0.2) is 29.6 Å². The van der Waals surface area contributed by atoms with Gasteiger partial charge in [-0.2, -0.15) is 10.3 Å². The average Bonchev–Trinajstić information content (AvgIpc) is 2.30. The SMILES string of the molecule is N#CCCN(N=O)C(=O)Nc1cccc(Cl)c1. The molecule has 0 heterocycles. The van der Waals surface area contributed by atoms with Crippen molar-refractivity contribution in [1.29, 1.82) is 5.26 Å². The first-order valence-corrected chi connectivity index (χ1v) is 5.09. The lowest BCUT2D eigenvalue weighted by molar-refractivity contribution is 0.214. The van der Waals surface area contributed by atoms with Crippen molar-refractivity contribution in [3.63, 3.8) is 0 Å². The zero-order valence-corrected chi connectivity index (χ0v) is 9.52. The van der Waals surface area contributed by atoms with Gasteiger partial charge in [-0.3, -0.25) is 0 Å². The van der Waals surface area contributed by atoms with Gasteiger partial charge in [-0.25, -0.2) is 4.79 Å². The standard InChI is InChI=1S/C10H9ClN4O2/c11-8-3-1-4-9(7-8)13-10(16)15(14-17)6-2-5-12/h1,3-4,7H,2,6H2,(H,13,16). The minimum absolute atomic E-state index is 0.0364. The molecule has 88 valence electrons. The predicted molar refractivity (Wildman–Crippen MR) is 63.2 cm³/mol. The smallest absolute Gasteiger partial charge is 0.306 e. The number of amides is 2. The Morgan fingerprint density at radius 1 is 1.59 bits per heavy atom. The van der Waals surface area contributed by atoms with Gasteiger partial charge in [-0.1, -0.05) is 17.7 Å². The fraction of sp³-hybridized carbons (Fsp3) is 0.200. The predicted octanol–water partition coefficient (Wildman–Crippen LogP) is 2.77. The lowest BCUT2D eigenvalue weighted by atomic mass is 10.3. The van der Waals surface area contributed by atoms with E-state index >= 15 is 0 Å². The largest absolute Gasteiger partial charge is 0.344 e. The quantitative estimate of drug-likeness (QED) is 0.660. The maximum atomic E-state index is 11.5. The summed E-state index contributed by atoms with van der Waals surface area (Å²) in [5.74, 6) is 0. The molecular formula is C10H9ClN4O2. The van der Waals surface area contributed by atoms with Gasteiger partial charge in [0.1, 0.15) is 0 Å². The van der Waals surface area contributed by atoms with Gasteiger partial charge in [-0.15, -0.1) is 4.91 Å². The van der Waals surface area contributed by atoms with Crippen LogP contribution in [0.3, 0.4) is 0 Å². The topological polar surface area (TPSA) is 85.6 Å². The summed E-state index contributed by atoms with van der Waals surface area (Å²) in [6, 6.07) is 7.59. The summed E-state index contributed by atoms with van der Waals surface area (Å²) in [4.78, 5) is 21.9. The van der Waals surface area contributed by atoms with Gasteiger partial charge in [0.05, 0.1) is 24.3 Å². The molecule has 6 nitrogen and oxygen atoms in total. The van der Waals surface area contributed by atoms with E-state index in [1.807, 2.05) is 6.07 Å². The Balaban J connectivity index is 2.64. The van der Waals surface area contributed by atoms with Crippen molar-refractivity contribution >= 4 is 23.3 Å². The number of carbonyl (C=O) groups is 1. The zero-order valence-electron chi connectivity index (χ0n) is 8.76. The summed E-state index contributed by atoms with van der Waals surface area (Å²) in [7, 11) is 0. The van der Waals surface area contributed by atoms with E-state index in [1.54, 1.807) is 18.2 Å². The van der Waals surface area contributed by atoms with Crippen LogP contribution in [0, 0.1) is 16.2 Å². The molecule has 0 radical (unpaired) electrons. The first-order valence-electron chi connectivity index (χ1n) is 4.71. The van der Waals surface area contributed by atoms with Crippen LogP contribution in [0.4, 0.5) is 10.5 Å². The molecule has 0 spiro atoms. The van der Waals surface area contributed by atoms with Crippen molar-refractivity contribution in [3.05, 3.63) is 34.2 Å². The van der Waals surface area contributed by atoms with E-state index in [1.165, 1.54) is 6.07 Å². The number of carbonyl (C=O) groups excluding carboxylic acids is 1. The van der Waals surface area contributed by atoms with Crippen LogP contribution in [0.1, 0.15) is 6.42 Å².